The van der Waals surface area contributed by atoms with Crippen LogP contribution in [-0.4, -0.2) is 46.4 Å². The van der Waals surface area contributed by atoms with Crippen LogP contribution in [0.1, 0.15) is 25.0 Å². The zero-order valence-corrected chi connectivity index (χ0v) is 13.6. The molecule has 1 heterocycles. The highest BCUT2D eigenvalue weighted by molar-refractivity contribution is 5.78. The number of fused-ring (bicyclic) bond motifs is 1. The first-order valence-electron chi connectivity index (χ1n) is 8.05. The van der Waals surface area contributed by atoms with Crippen molar-refractivity contribution in [1.82, 2.24) is 10.2 Å². The van der Waals surface area contributed by atoms with E-state index < -0.39 is 23.9 Å². The predicted molar refractivity (Wildman–Crippen MR) is 82.5 cm³/mol. The molecule has 0 aromatic heterocycles. The number of hydrogen-bond acceptors (Lipinski definition) is 2. The summed E-state index contributed by atoms with van der Waals surface area (Å²) in [6.07, 6.45) is -7.38. The minimum atomic E-state index is -4.79. The van der Waals surface area contributed by atoms with E-state index in [1.807, 2.05) is 13.8 Å². The van der Waals surface area contributed by atoms with Crippen molar-refractivity contribution in [1.29, 1.82) is 0 Å². The summed E-state index contributed by atoms with van der Waals surface area (Å²) < 4.78 is 40.2. The van der Waals surface area contributed by atoms with Crippen molar-refractivity contribution in [3.05, 3.63) is 35.4 Å². The van der Waals surface area contributed by atoms with E-state index in [-0.39, 0.29) is 31.3 Å². The number of hydrogen-bond donors (Lipinski definition) is 2. The monoisotopic (exact) mass is 342 g/mol. The molecule has 4 nitrogen and oxygen atoms in total. The number of halogens is 3. The Morgan fingerprint density at radius 2 is 1.79 bits per heavy atom. The van der Waals surface area contributed by atoms with Gasteiger partial charge in [-0.05, 0) is 29.9 Å². The summed E-state index contributed by atoms with van der Waals surface area (Å²) in [7, 11) is 0. The minimum absolute atomic E-state index is 0.00207. The highest BCUT2D eigenvalue weighted by Crippen LogP contribution is 2.43. The van der Waals surface area contributed by atoms with Gasteiger partial charge in [-0.25, -0.2) is 4.79 Å². The zero-order valence-electron chi connectivity index (χ0n) is 13.6. The maximum absolute atomic E-state index is 13.4. The first kappa shape index (κ1) is 17.1. The van der Waals surface area contributed by atoms with Crippen molar-refractivity contribution in [2.75, 3.05) is 6.54 Å². The molecule has 0 bridgehead atoms. The van der Waals surface area contributed by atoms with Crippen LogP contribution in [0, 0.1) is 5.92 Å². The fourth-order valence-electron chi connectivity index (χ4n) is 3.78. The number of benzene rings is 1. The summed E-state index contributed by atoms with van der Waals surface area (Å²) >= 11 is 0. The van der Waals surface area contributed by atoms with Gasteiger partial charge in [-0.15, -0.1) is 0 Å². The molecule has 1 aromatic carbocycles. The molecule has 3 rings (SSSR count). The van der Waals surface area contributed by atoms with Crippen LogP contribution in [-0.2, 0) is 12.8 Å². The maximum atomic E-state index is 13.4. The first-order valence-corrected chi connectivity index (χ1v) is 8.05. The zero-order chi connectivity index (χ0) is 17.7. The molecule has 0 spiro atoms. The summed E-state index contributed by atoms with van der Waals surface area (Å²) in [5.41, 5.74) is -0.182. The van der Waals surface area contributed by atoms with Crippen molar-refractivity contribution in [2.45, 2.75) is 50.6 Å². The maximum Gasteiger partial charge on any atom is 0.416 e. The van der Waals surface area contributed by atoms with Crippen LogP contribution in [0.5, 0.6) is 0 Å². The molecule has 1 aliphatic carbocycles. The topological polar surface area (TPSA) is 52.6 Å². The lowest BCUT2D eigenvalue weighted by molar-refractivity contribution is -0.236. The molecule has 7 heteroatoms. The SMILES string of the molecule is CC(C)[C@@H]1CN(C2(C(O)C(F)(F)F)Cc3ccccc3C2)C(=O)N1. The molecule has 2 aliphatic rings. The molecule has 1 unspecified atom stereocenters. The lowest BCUT2D eigenvalue weighted by atomic mass is 9.86. The number of amides is 2. The van der Waals surface area contributed by atoms with E-state index in [1.165, 1.54) is 4.90 Å². The second kappa shape index (κ2) is 5.65. The molecule has 1 aromatic rings. The number of aliphatic hydroxyl groups excluding tert-OH is 1. The number of aliphatic hydroxyl groups is 1. The van der Waals surface area contributed by atoms with Crippen LogP contribution in [0.3, 0.4) is 0 Å². The van der Waals surface area contributed by atoms with Crippen LogP contribution < -0.4 is 5.32 Å². The summed E-state index contributed by atoms with van der Waals surface area (Å²) in [6, 6.07) is 6.27. The lowest BCUT2D eigenvalue weighted by Gasteiger charge is -2.42. The van der Waals surface area contributed by atoms with E-state index in [1.54, 1.807) is 24.3 Å². The average Bonchev–Trinajstić information content (AvgIpc) is 3.06. The smallest absolute Gasteiger partial charge is 0.381 e. The van der Waals surface area contributed by atoms with E-state index >= 15 is 0 Å². The second-order valence-corrected chi connectivity index (χ2v) is 7.08. The fraction of sp³-hybridized carbons (Fsp3) is 0.588. The first-order chi connectivity index (χ1) is 11.1. The third-order valence-corrected chi connectivity index (χ3v) is 5.21. The Hall–Kier alpha value is -1.76. The summed E-state index contributed by atoms with van der Waals surface area (Å²) in [5.74, 6) is 0.0998. The standard InChI is InChI=1S/C17H21F3N2O2/c1-10(2)13-9-22(15(24)21-13)16(14(23)17(18,19)20)7-11-5-3-4-6-12(11)8-16/h3-6,10,13-14,23H,7-9H2,1-2H3,(H,21,24)/t13-,14?/m0/s1. The number of urea groups is 1. The van der Waals surface area contributed by atoms with Gasteiger partial charge in [0.1, 0.15) is 0 Å². The van der Waals surface area contributed by atoms with Gasteiger partial charge < -0.3 is 15.3 Å². The van der Waals surface area contributed by atoms with Gasteiger partial charge in [0.15, 0.2) is 6.10 Å². The molecular weight excluding hydrogens is 321 g/mol. The van der Waals surface area contributed by atoms with Gasteiger partial charge in [-0.1, -0.05) is 38.1 Å². The largest absolute Gasteiger partial charge is 0.416 e. The second-order valence-electron chi connectivity index (χ2n) is 7.08. The Labute approximate surface area is 138 Å². The number of carbonyl (C=O) groups is 1. The number of nitrogens with zero attached hydrogens (tertiary/aromatic N) is 1. The summed E-state index contributed by atoms with van der Waals surface area (Å²) in [5, 5.41) is 12.9. The van der Waals surface area contributed by atoms with Crippen molar-refractivity contribution in [2.24, 2.45) is 5.92 Å². The van der Waals surface area contributed by atoms with E-state index in [2.05, 4.69) is 5.32 Å². The summed E-state index contributed by atoms with van der Waals surface area (Å²) in [6.45, 7) is 3.98. The molecule has 24 heavy (non-hydrogen) atoms. The van der Waals surface area contributed by atoms with E-state index in [0.29, 0.717) is 0 Å². The van der Waals surface area contributed by atoms with E-state index in [4.69, 9.17) is 0 Å². The van der Waals surface area contributed by atoms with Crippen molar-refractivity contribution in [3.8, 4) is 0 Å². The molecule has 2 N–H and O–H groups in total. The average molecular weight is 342 g/mol. The third-order valence-electron chi connectivity index (χ3n) is 5.21. The van der Waals surface area contributed by atoms with Gasteiger partial charge in [0, 0.05) is 6.54 Å². The molecule has 2 amide bonds. The predicted octanol–water partition coefficient (Wildman–Crippen LogP) is 2.50. The van der Waals surface area contributed by atoms with Crippen molar-refractivity contribution < 1.29 is 23.1 Å². The molecule has 1 aliphatic heterocycles. The van der Waals surface area contributed by atoms with Crippen molar-refractivity contribution >= 4 is 6.03 Å². The molecule has 0 saturated carbocycles. The lowest BCUT2D eigenvalue weighted by Crippen LogP contribution is -2.63. The molecule has 1 fully saturated rings. The van der Waals surface area contributed by atoms with Crippen LogP contribution in [0.2, 0.25) is 0 Å². The molecule has 1 saturated heterocycles. The van der Waals surface area contributed by atoms with E-state index in [9.17, 15) is 23.1 Å². The summed E-state index contributed by atoms with van der Waals surface area (Å²) in [4.78, 5) is 13.6. The Bertz CT molecular complexity index is 620. The Kier molecular flexibility index (Phi) is 4.02. The normalized spacial score (nSPS) is 24.2. The number of carbonyl (C=O) groups excluding carboxylic acids is 1. The molecule has 0 radical (unpaired) electrons. The highest BCUT2D eigenvalue weighted by Gasteiger charge is 2.60. The highest BCUT2D eigenvalue weighted by atomic mass is 19.4. The van der Waals surface area contributed by atoms with Crippen LogP contribution in [0.25, 0.3) is 0 Å². The minimum Gasteiger partial charge on any atom is -0.381 e. The van der Waals surface area contributed by atoms with Crippen LogP contribution in [0.15, 0.2) is 24.3 Å². The molecule has 2 atom stereocenters. The van der Waals surface area contributed by atoms with Crippen LogP contribution >= 0.6 is 0 Å². The number of rotatable bonds is 3. The Balaban J connectivity index is 2.01. The van der Waals surface area contributed by atoms with Gasteiger partial charge in [0.2, 0.25) is 0 Å². The van der Waals surface area contributed by atoms with Crippen molar-refractivity contribution in [3.63, 3.8) is 0 Å². The molecular formula is C17H21F3N2O2. The number of alkyl halides is 3. The fourth-order valence-corrected chi connectivity index (χ4v) is 3.78. The van der Waals surface area contributed by atoms with E-state index in [0.717, 1.165) is 11.1 Å². The Morgan fingerprint density at radius 1 is 1.25 bits per heavy atom. The van der Waals surface area contributed by atoms with Gasteiger partial charge in [-0.2, -0.15) is 13.2 Å². The third kappa shape index (κ3) is 2.64. The van der Waals surface area contributed by atoms with Gasteiger partial charge in [0.05, 0.1) is 11.6 Å². The van der Waals surface area contributed by atoms with Crippen LogP contribution in [0.4, 0.5) is 18.0 Å². The Morgan fingerprint density at radius 3 is 2.21 bits per heavy atom. The van der Waals surface area contributed by atoms with Gasteiger partial charge in [-0.3, -0.25) is 0 Å². The number of nitrogens with one attached hydrogen (secondary N) is 1. The molecule has 132 valence electrons. The van der Waals surface area contributed by atoms with Gasteiger partial charge >= 0.3 is 12.2 Å². The quantitative estimate of drug-likeness (QED) is 0.887. The van der Waals surface area contributed by atoms with Gasteiger partial charge in [0.25, 0.3) is 0 Å².